The third-order valence-corrected chi connectivity index (χ3v) is 4.38. The monoisotopic (exact) mass is 397 g/mol. The van der Waals surface area contributed by atoms with Crippen molar-refractivity contribution < 1.29 is 14.3 Å². The molecule has 6 nitrogen and oxygen atoms in total. The van der Waals surface area contributed by atoms with Gasteiger partial charge in [0, 0.05) is 29.3 Å². The molecule has 0 radical (unpaired) electrons. The average molecular weight is 398 g/mol. The highest BCUT2D eigenvalue weighted by atomic mass is 79.9. The largest absolute Gasteiger partial charge is 0.444 e. The number of nitrogens with two attached hydrogens (primary N) is 1. The van der Waals surface area contributed by atoms with Crippen LogP contribution in [0.15, 0.2) is 22.7 Å². The van der Waals surface area contributed by atoms with E-state index in [0.717, 1.165) is 0 Å². The van der Waals surface area contributed by atoms with E-state index in [9.17, 15) is 9.59 Å². The molecule has 2 rings (SSSR count). The molecule has 0 spiro atoms. The molecule has 24 heavy (non-hydrogen) atoms. The van der Waals surface area contributed by atoms with Crippen LogP contribution in [-0.2, 0) is 4.74 Å². The van der Waals surface area contributed by atoms with Gasteiger partial charge in [0.1, 0.15) is 5.60 Å². The number of benzene rings is 1. The number of nitrogens with one attached hydrogen (secondary N) is 1. The van der Waals surface area contributed by atoms with Crippen LogP contribution in [0.4, 0.5) is 10.5 Å². The molecule has 1 aliphatic heterocycles. The van der Waals surface area contributed by atoms with Gasteiger partial charge in [0.25, 0.3) is 5.91 Å². The smallest absolute Gasteiger partial charge is 0.407 e. The van der Waals surface area contributed by atoms with E-state index in [1.807, 2.05) is 20.8 Å². The highest BCUT2D eigenvalue weighted by Gasteiger charge is 2.27. The number of alkyl carbamates (subject to hydrolysis) is 1. The second-order valence-corrected chi connectivity index (χ2v) is 7.81. The minimum absolute atomic E-state index is 0.0266. The summed E-state index contributed by atoms with van der Waals surface area (Å²) in [6.45, 7) is 6.68. The number of halogens is 1. The first kappa shape index (κ1) is 18.6. The topological polar surface area (TPSA) is 84.7 Å². The number of amides is 2. The normalized spacial score (nSPS) is 15.9. The summed E-state index contributed by atoms with van der Waals surface area (Å²) in [6.07, 6.45) is 1.00. The molecular formula is C17H24BrN3O3. The number of anilines is 1. The van der Waals surface area contributed by atoms with E-state index in [2.05, 4.69) is 21.2 Å². The maximum absolute atomic E-state index is 12.6. The number of nitrogen functional groups attached to an aromatic ring is 1. The molecule has 0 aliphatic carbocycles. The van der Waals surface area contributed by atoms with Gasteiger partial charge >= 0.3 is 6.09 Å². The summed E-state index contributed by atoms with van der Waals surface area (Å²) in [6, 6.07) is 5.20. The Kier molecular flexibility index (Phi) is 5.74. The maximum Gasteiger partial charge on any atom is 0.407 e. The van der Waals surface area contributed by atoms with Crippen LogP contribution >= 0.6 is 15.9 Å². The second kappa shape index (κ2) is 7.42. The van der Waals surface area contributed by atoms with Crippen LogP contribution in [0, 0.1) is 0 Å². The number of nitrogens with zero attached hydrogens (tertiary/aromatic N) is 1. The number of likely N-dealkylation sites (tertiary alicyclic amines) is 1. The van der Waals surface area contributed by atoms with Crippen molar-refractivity contribution >= 4 is 33.6 Å². The Hall–Kier alpha value is -1.76. The summed E-state index contributed by atoms with van der Waals surface area (Å²) >= 11 is 3.39. The van der Waals surface area contributed by atoms with E-state index in [4.69, 9.17) is 10.5 Å². The van der Waals surface area contributed by atoms with Gasteiger partial charge in [-0.2, -0.15) is 0 Å². The van der Waals surface area contributed by atoms with Crippen molar-refractivity contribution in [3.8, 4) is 0 Å². The van der Waals surface area contributed by atoms with Gasteiger partial charge in [0.2, 0.25) is 0 Å². The predicted octanol–water partition coefficient (Wildman–Crippen LogP) is 3.16. The number of ether oxygens (including phenoxy) is 1. The Morgan fingerprint density at radius 2 is 1.92 bits per heavy atom. The van der Waals surface area contributed by atoms with E-state index >= 15 is 0 Å². The molecule has 3 N–H and O–H groups in total. The van der Waals surface area contributed by atoms with Crippen LogP contribution in [0.3, 0.4) is 0 Å². The molecule has 1 aromatic rings. The molecule has 2 amide bonds. The fourth-order valence-electron chi connectivity index (χ4n) is 2.58. The summed E-state index contributed by atoms with van der Waals surface area (Å²) in [5, 5.41) is 2.87. The third kappa shape index (κ3) is 5.12. The first-order chi connectivity index (χ1) is 11.2. The Morgan fingerprint density at radius 3 is 2.46 bits per heavy atom. The van der Waals surface area contributed by atoms with Crippen molar-refractivity contribution in [3.05, 3.63) is 28.2 Å². The maximum atomic E-state index is 12.6. The van der Waals surface area contributed by atoms with E-state index < -0.39 is 11.7 Å². The molecule has 132 valence electrons. The standard InChI is InChI=1S/C17H24BrN3O3/c1-17(2,3)24-16(23)20-12-6-8-21(9-7-12)15(22)13-5-4-11(19)10-14(13)18/h4-5,10,12H,6-9,19H2,1-3H3,(H,20,23). The lowest BCUT2D eigenvalue weighted by atomic mass is 10.0. The summed E-state index contributed by atoms with van der Waals surface area (Å²) < 4.78 is 5.96. The number of carbonyl (C=O) groups is 2. The zero-order valence-corrected chi connectivity index (χ0v) is 15.9. The minimum Gasteiger partial charge on any atom is -0.444 e. The van der Waals surface area contributed by atoms with Crippen molar-refractivity contribution in [2.24, 2.45) is 0 Å². The first-order valence-corrected chi connectivity index (χ1v) is 8.79. The summed E-state index contributed by atoms with van der Waals surface area (Å²) in [5.74, 6) is -0.0300. The highest BCUT2D eigenvalue weighted by molar-refractivity contribution is 9.10. The number of hydrogen-bond acceptors (Lipinski definition) is 4. The van der Waals surface area contributed by atoms with Gasteiger partial charge in [0.05, 0.1) is 5.56 Å². The molecule has 0 atom stereocenters. The molecule has 0 bridgehead atoms. The quantitative estimate of drug-likeness (QED) is 0.750. The molecule has 0 aromatic heterocycles. The van der Waals surface area contributed by atoms with Crippen LogP contribution < -0.4 is 11.1 Å². The summed E-state index contributed by atoms with van der Waals surface area (Å²) in [7, 11) is 0. The van der Waals surface area contributed by atoms with Crippen LogP contribution in [0.2, 0.25) is 0 Å². The summed E-state index contributed by atoms with van der Waals surface area (Å²) in [4.78, 5) is 26.2. The molecule has 1 aromatic carbocycles. The van der Waals surface area contributed by atoms with E-state index in [-0.39, 0.29) is 11.9 Å². The van der Waals surface area contributed by atoms with E-state index in [1.165, 1.54) is 0 Å². The van der Waals surface area contributed by atoms with Crippen molar-refractivity contribution in [2.75, 3.05) is 18.8 Å². The Labute approximate surface area is 150 Å². The fraction of sp³-hybridized carbons (Fsp3) is 0.529. The van der Waals surface area contributed by atoms with Crippen LogP contribution in [-0.4, -0.2) is 41.6 Å². The van der Waals surface area contributed by atoms with Gasteiger partial charge in [-0.15, -0.1) is 0 Å². The average Bonchev–Trinajstić information content (AvgIpc) is 2.45. The first-order valence-electron chi connectivity index (χ1n) is 7.99. The van der Waals surface area contributed by atoms with Crippen molar-refractivity contribution in [3.63, 3.8) is 0 Å². The van der Waals surface area contributed by atoms with Gasteiger partial charge in [-0.25, -0.2) is 4.79 Å². The molecule has 1 heterocycles. The predicted molar refractivity (Wildman–Crippen MR) is 96.8 cm³/mol. The van der Waals surface area contributed by atoms with Crippen LogP contribution in [0.1, 0.15) is 44.0 Å². The van der Waals surface area contributed by atoms with Crippen LogP contribution in [0.25, 0.3) is 0 Å². The van der Waals surface area contributed by atoms with Gasteiger partial charge in [0.15, 0.2) is 0 Å². The zero-order valence-electron chi connectivity index (χ0n) is 14.3. The molecule has 1 saturated heterocycles. The van der Waals surface area contributed by atoms with E-state index in [0.29, 0.717) is 41.7 Å². The molecule has 7 heteroatoms. The Balaban J connectivity index is 1.88. The fourth-order valence-corrected chi connectivity index (χ4v) is 3.14. The lowest BCUT2D eigenvalue weighted by Crippen LogP contribution is -2.47. The van der Waals surface area contributed by atoms with Gasteiger partial charge < -0.3 is 20.7 Å². The minimum atomic E-state index is -0.512. The van der Waals surface area contributed by atoms with Gasteiger partial charge in [-0.1, -0.05) is 0 Å². The molecular weight excluding hydrogens is 374 g/mol. The third-order valence-electron chi connectivity index (χ3n) is 3.73. The number of carbonyl (C=O) groups excluding carboxylic acids is 2. The van der Waals surface area contributed by atoms with Crippen molar-refractivity contribution in [2.45, 2.75) is 45.3 Å². The zero-order chi connectivity index (χ0) is 17.9. The number of piperidine rings is 1. The molecule has 0 saturated carbocycles. The Morgan fingerprint density at radius 1 is 1.29 bits per heavy atom. The van der Waals surface area contributed by atoms with Gasteiger partial charge in [-0.3, -0.25) is 4.79 Å². The Bertz CT molecular complexity index is 620. The van der Waals surface area contributed by atoms with Crippen molar-refractivity contribution in [1.82, 2.24) is 10.2 Å². The van der Waals surface area contributed by atoms with E-state index in [1.54, 1.807) is 23.1 Å². The summed E-state index contributed by atoms with van der Waals surface area (Å²) in [5.41, 5.74) is 6.41. The second-order valence-electron chi connectivity index (χ2n) is 6.95. The molecule has 1 fully saturated rings. The lowest BCUT2D eigenvalue weighted by Gasteiger charge is -2.33. The molecule has 1 aliphatic rings. The lowest BCUT2D eigenvalue weighted by molar-refractivity contribution is 0.0473. The number of rotatable bonds is 2. The number of hydrogen-bond donors (Lipinski definition) is 2. The van der Waals surface area contributed by atoms with Crippen molar-refractivity contribution in [1.29, 1.82) is 0 Å². The van der Waals surface area contributed by atoms with Gasteiger partial charge in [-0.05, 0) is 67.7 Å². The SMILES string of the molecule is CC(C)(C)OC(=O)NC1CCN(C(=O)c2ccc(N)cc2Br)CC1. The van der Waals surface area contributed by atoms with Crippen LogP contribution in [0.5, 0.6) is 0 Å². The highest BCUT2D eigenvalue weighted by Crippen LogP contribution is 2.23. The molecule has 0 unspecified atom stereocenters.